The molecule has 2 rings (SSSR count). The fraction of sp³-hybridized carbons (Fsp3) is 0. The lowest BCUT2D eigenvalue weighted by molar-refractivity contribution is -0.386. The summed E-state index contributed by atoms with van der Waals surface area (Å²) in [5.41, 5.74) is -2.78. The van der Waals surface area contributed by atoms with E-state index < -0.39 is 21.9 Å². The van der Waals surface area contributed by atoms with Gasteiger partial charge in [0.15, 0.2) is 0 Å². The van der Waals surface area contributed by atoms with Gasteiger partial charge in [0.1, 0.15) is 11.5 Å². The van der Waals surface area contributed by atoms with Crippen LogP contribution in [0, 0.1) is 10.1 Å². The summed E-state index contributed by atoms with van der Waals surface area (Å²) in [6.07, 6.45) is 4.06. The number of nitro groups is 1. The van der Waals surface area contributed by atoms with Crippen molar-refractivity contribution in [2.24, 2.45) is 0 Å². The van der Waals surface area contributed by atoms with Crippen LogP contribution >= 0.6 is 0 Å². The Hall–Kier alpha value is -2.90. The molecular formula is C10H7N3O5. The van der Waals surface area contributed by atoms with Crippen LogP contribution in [0.15, 0.2) is 32.4 Å². The zero-order chi connectivity index (χ0) is 13.1. The molecule has 2 aromatic rings. The Morgan fingerprint density at radius 3 is 2.67 bits per heavy atom. The Kier molecular flexibility index (Phi) is 2.92. The molecule has 0 aliphatic carbocycles. The van der Waals surface area contributed by atoms with E-state index in [1.54, 1.807) is 17.1 Å². The molecule has 0 bridgehead atoms. The number of aromatic amines is 2. The minimum atomic E-state index is -1.05. The molecule has 2 aromatic heterocycles. The number of aromatic nitrogens is 2. The molecule has 0 saturated carbocycles. The van der Waals surface area contributed by atoms with Gasteiger partial charge in [-0.25, -0.2) is 4.79 Å². The molecule has 0 radical (unpaired) electrons. The van der Waals surface area contributed by atoms with Crippen LogP contribution in [-0.2, 0) is 0 Å². The Balaban J connectivity index is 2.53. The highest BCUT2D eigenvalue weighted by Gasteiger charge is 2.18. The lowest BCUT2D eigenvalue weighted by atomic mass is 10.3. The van der Waals surface area contributed by atoms with Crippen LogP contribution in [-0.4, -0.2) is 14.9 Å². The van der Waals surface area contributed by atoms with E-state index in [1.165, 1.54) is 18.4 Å². The first-order valence-electron chi connectivity index (χ1n) is 4.80. The third-order valence-electron chi connectivity index (χ3n) is 2.09. The summed E-state index contributed by atoms with van der Waals surface area (Å²) in [7, 11) is 0. The van der Waals surface area contributed by atoms with E-state index in [2.05, 4.69) is 4.98 Å². The van der Waals surface area contributed by atoms with Crippen molar-refractivity contribution >= 4 is 17.8 Å². The molecule has 0 amide bonds. The summed E-state index contributed by atoms with van der Waals surface area (Å²) >= 11 is 0. The smallest absolute Gasteiger partial charge is 0.357 e. The molecular weight excluding hydrogens is 242 g/mol. The van der Waals surface area contributed by atoms with Crippen molar-refractivity contribution < 1.29 is 9.34 Å². The number of nitrogens with zero attached hydrogens (tertiary/aromatic N) is 1. The van der Waals surface area contributed by atoms with E-state index in [1.807, 2.05) is 0 Å². The highest BCUT2D eigenvalue weighted by atomic mass is 16.6. The highest BCUT2D eigenvalue weighted by molar-refractivity contribution is 5.69. The summed E-state index contributed by atoms with van der Waals surface area (Å²) in [5.74, 6) is 0.436. The fourth-order valence-electron chi connectivity index (χ4n) is 1.35. The second-order valence-electron chi connectivity index (χ2n) is 3.28. The predicted molar refractivity (Wildman–Crippen MR) is 62.0 cm³/mol. The molecule has 0 atom stereocenters. The van der Waals surface area contributed by atoms with E-state index in [-0.39, 0.29) is 5.69 Å². The van der Waals surface area contributed by atoms with Crippen LogP contribution in [0.3, 0.4) is 0 Å². The zero-order valence-corrected chi connectivity index (χ0v) is 8.88. The van der Waals surface area contributed by atoms with Gasteiger partial charge >= 0.3 is 16.9 Å². The largest absolute Gasteiger partial charge is 0.465 e. The second kappa shape index (κ2) is 4.53. The Morgan fingerprint density at radius 2 is 2.06 bits per heavy atom. The van der Waals surface area contributed by atoms with Crippen molar-refractivity contribution in [1.29, 1.82) is 0 Å². The lowest BCUT2D eigenvalue weighted by Crippen LogP contribution is -2.25. The topological polar surface area (TPSA) is 122 Å². The van der Waals surface area contributed by atoms with Crippen LogP contribution in [0.2, 0.25) is 0 Å². The monoisotopic (exact) mass is 249 g/mol. The fourth-order valence-corrected chi connectivity index (χ4v) is 1.35. The van der Waals surface area contributed by atoms with E-state index >= 15 is 0 Å². The minimum Gasteiger partial charge on any atom is -0.465 e. The van der Waals surface area contributed by atoms with Gasteiger partial charge in [-0.05, 0) is 24.3 Å². The van der Waals surface area contributed by atoms with E-state index in [4.69, 9.17) is 4.42 Å². The molecule has 0 saturated heterocycles. The van der Waals surface area contributed by atoms with Gasteiger partial charge in [-0.3, -0.25) is 19.9 Å². The Labute approximate surface area is 98.7 Å². The predicted octanol–water partition coefficient (Wildman–Crippen LogP) is 0.735. The first-order chi connectivity index (χ1) is 8.58. The van der Waals surface area contributed by atoms with Gasteiger partial charge in [0, 0.05) is 0 Å². The highest BCUT2D eigenvalue weighted by Crippen LogP contribution is 2.12. The SMILES string of the molecule is O=c1[nH]c(/C=C\c2ccco2)c([N+](=O)[O-])c(=O)[nH]1. The summed E-state index contributed by atoms with van der Waals surface area (Å²) in [6.45, 7) is 0. The molecule has 8 nitrogen and oxygen atoms in total. The maximum atomic E-state index is 11.3. The van der Waals surface area contributed by atoms with Gasteiger partial charge < -0.3 is 9.40 Å². The average molecular weight is 249 g/mol. The Bertz CT molecular complexity index is 708. The number of hydrogen-bond acceptors (Lipinski definition) is 5. The normalized spacial score (nSPS) is 10.9. The van der Waals surface area contributed by atoms with Crippen LogP contribution in [0.1, 0.15) is 11.5 Å². The molecule has 0 aromatic carbocycles. The number of rotatable bonds is 3. The van der Waals surface area contributed by atoms with Crippen molar-refractivity contribution in [3.05, 3.63) is 60.8 Å². The van der Waals surface area contributed by atoms with Gasteiger partial charge in [0.05, 0.1) is 11.2 Å². The molecule has 8 heteroatoms. The van der Waals surface area contributed by atoms with E-state index in [9.17, 15) is 19.7 Å². The van der Waals surface area contributed by atoms with Gasteiger partial charge in [0.2, 0.25) is 0 Å². The van der Waals surface area contributed by atoms with Crippen molar-refractivity contribution in [2.45, 2.75) is 0 Å². The third kappa shape index (κ3) is 2.26. The van der Waals surface area contributed by atoms with Crippen LogP contribution in [0.25, 0.3) is 12.2 Å². The maximum absolute atomic E-state index is 11.3. The van der Waals surface area contributed by atoms with E-state index in [0.717, 1.165) is 0 Å². The van der Waals surface area contributed by atoms with Crippen molar-refractivity contribution in [2.75, 3.05) is 0 Å². The number of nitrogens with one attached hydrogen (secondary N) is 2. The van der Waals surface area contributed by atoms with Crippen molar-refractivity contribution in [1.82, 2.24) is 9.97 Å². The molecule has 0 fully saturated rings. The van der Waals surface area contributed by atoms with Crippen molar-refractivity contribution in [3.63, 3.8) is 0 Å². The van der Waals surface area contributed by atoms with E-state index in [0.29, 0.717) is 5.76 Å². The quantitative estimate of drug-likeness (QED) is 0.613. The Morgan fingerprint density at radius 1 is 1.28 bits per heavy atom. The lowest BCUT2D eigenvalue weighted by Gasteiger charge is -1.95. The summed E-state index contributed by atoms with van der Waals surface area (Å²) in [5, 5.41) is 10.7. The van der Waals surface area contributed by atoms with Gasteiger partial charge in [-0.15, -0.1) is 0 Å². The standard InChI is InChI=1S/C10H7N3O5/c14-9-8(13(16)17)7(11-10(15)12-9)4-3-6-2-1-5-18-6/h1-5H,(H2,11,12,14,15)/b4-3-. The summed E-state index contributed by atoms with van der Waals surface area (Å²) in [4.78, 5) is 36.2. The minimum absolute atomic E-state index is 0.190. The molecule has 18 heavy (non-hydrogen) atoms. The molecule has 92 valence electrons. The first kappa shape index (κ1) is 11.6. The third-order valence-corrected chi connectivity index (χ3v) is 2.09. The van der Waals surface area contributed by atoms with Gasteiger partial charge in [-0.2, -0.15) is 0 Å². The second-order valence-corrected chi connectivity index (χ2v) is 3.28. The molecule has 0 spiro atoms. The maximum Gasteiger partial charge on any atom is 0.357 e. The molecule has 2 heterocycles. The molecule has 0 unspecified atom stereocenters. The first-order valence-corrected chi connectivity index (χ1v) is 4.80. The van der Waals surface area contributed by atoms with Crippen LogP contribution in [0.5, 0.6) is 0 Å². The van der Waals surface area contributed by atoms with Crippen LogP contribution in [0.4, 0.5) is 5.69 Å². The molecule has 0 aliphatic rings. The van der Waals surface area contributed by atoms with Crippen LogP contribution < -0.4 is 11.2 Å². The van der Waals surface area contributed by atoms with Gasteiger partial charge in [-0.1, -0.05) is 0 Å². The number of H-pyrrole nitrogens is 2. The molecule has 0 aliphatic heterocycles. The summed E-state index contributed by atoms with van der Waals surface area (Å²) < 4.78 is 4.98. The zero-order valence-electron chi connectivity index (χ0n) is 8.88. The molecule has 2 N–H and O–H groups in total. The van der Waals surface area contributed by atoms with Gasteiger partial charge in [0.25, 0.3) is 0 Å². The summed E-state index contributed by atoms with van der Waals surface area (Å²) in [6, 6.07) is 3.25. The number of hydrogen-bond donors (Lipinski definition) is 2. The average Bonchev–Trinajstić information content (AvgIpc) is 2.77. The van der Waals surface area contributed by atoms with Crippen molar-refractivity contribution in [3.8, 4) is 0 Å². The number of furan rings is 1.